The highest BCUT2D eigenvalue weighted by Gasteiger charge is 2.14. The number of ketones is 1. The van der Waals surface area contributed by atoms with E-state index in [4.69, 9.17) is 0 Å². The van der Waals surface area contributed by atoms with Gasteiger partial charge in [0, 0.05) is 5.56 Å². The molecule has 4 nitrogen and oxygen atoms in total. The zero-order valence-electron chi connectivity index (χ0n) is 8.92. The fourth-order valence-electron chi connectivity index (χ4n) is 1.46. The summed E-state index contributed by atoms with van der Waals surface area (Å²) in [5, 5.41) is 18.9. The molecule has 88 valence electrons. The second kappa shape index (κ2) is 5.14. The zero-order valence-corrected chi connectivity index (χ0v) is 8.92. The van der Waals surface area contributed by atoms with Crippen molar-refractivity contribution in [2.75, 3.05) is 0 Å². The van der Waals surface area contributed by atoms with E-state index in [1.165, 1.54) is 18.2 Å². The molecule has 0 aliphatic heterocycles. The van der Waals surface area contributed by atoms with Gasteiger partial charge in [0.05, 0.1) is 5.56 Å². The molecule has 2 aromatic carbocycles. The molecule has 2 aromatic rings. The number of phenols is 2. The quantitative estimate of drug-likeness (QED) is 0.607. The second-order valence-corrected chi connectivity index (χ2v) is 3.37. The molecule has 0 saturated carbocycles. The number of phenolic OH excluding ortho intramolecular Hbond substituents is 2. The van der Waals surface area contributed by atoms with Gasteiger partial charge in [0.15, 0.2) is 17.3 Å². The van der Waals surface area contributed by atoms with Gasteiger partial charge in [0.1, 0.15) is 0 Å². The minimum absolute atomic E-state index is 0. The molecule has 0 amide bonds. The molecule has 4 heteroatoms. The molecule has 17 heavy (non-hydrogen) atoms. The molecule has 2 rings (SSSR count). The molecule has 0 bridgehead atoms. The van der Waals surface area contributed by atoms with Crippen LogP contribution in [0.2, 0.25) is 0 Å². The van der Waals surface area contributed by atoms with Crippen molar-refractivity contribution in [3.8, 4) is 11.5 Å². The third kappa shape index (κ3) is 2.43. The van der Waals surface area contributed by atoms with E-state index in [9.17, 15) is 15.0 Å². The van der Waals surface area contributed by atoms with Gasteiger partial charge < -0.3 is 15.7 Å². The third-order valence-corrected chi connectivity index (χ3v) is 2.30. The summed E-state index contributed by atoms with van der Waals surface area (Å²) in [7, 11) is 0. The first kappa shape index (κ1) is 12.7. The van der Waals surface area contributed by atoms with Crippen molar-refractivity contribution < 1.29 is 20.5 Å². The van der Waals surface area contributed by atoms with Crippen LogP contribution < -0.4 is 0 Å². The number of hydrogen-bond donors (Lipinski definition) is 2. The van der Waals surface area contributed by atoms with Crippen LogP contribution in [0, 0.1) is 0 Å². The molecule has 0 aliphatic rings. The van der Waals surface area contributed by atoms with E-state index < -0.39 is 0 Å². The average molecular weight is 232 g/mol. The lowest BCUT2D eigenvalue weighted by Gasteiger charge is -2.04. The van der Waals surface area contributed by atoms with Crippen LogP contribution in [0.5, 0.6) is 11.5 Å². The van der Waals surface area contributed by atoms with Crippen LogP contribution in [0.3, 0.4) is 0 Å². The van der Waals surface area contributed by atoms with Crippen molar-refractivity contribution in [1.29, 1.82) is 0 Å². The number of aromatic hydroxyl groups is 2. The van der Waals surface area contributed by atoms with Gasteiger partial charge in [-0.05, 0) is 12.1 Å². The molecule has 0 radical (unpaired) electrons. The molecular formula is C13H12O4. The normalized spacial score (nSPS) is 9.41. The SMILES string of the molecule is O.O=C(c1ccccc1)c1cccc(O)c1O. The minimum atomic E-state index is -0.378. The molecule has 0 heterocycles. The van der Waals surface area contributed by atoms with Gasteiger partial charge in [-0.2, -0.15) is 0 Å². The highest BCUT2D eigenvalue weighted by atomic mass is 16.3. The van der Waals surface area contributed by atoms with E-state index in [1.807, 2.05) is 0 Å². The van der Waals surface area contributed by atoms with Crippen LogP contribution in [-0.2, 0) is 0 Å². The summed E-state index contributed by atoms with van der Waals surface area (Å²) in [4.78, 5) is 11.9. The molecule has 0 aromatic heterocycles. The first-order chi connectivity index (χ1) is 7.70. The van der Waals surface area contributed by atoms with Crippen molar-refractivity contribution >= 4 is 5.78 Å². The molecule has 0 aliphatic carbocycles. The number of benzene rings is 2. The number of rotatable bonds is 2. The van der Waals surface area contributed by atoms with Crippen molar-refractivity contribution in [3.63, 3.8) is 0 Å². The Hall–Kier alpha value is -2.33. The Morgan fingerprint density at radius 2 is 1.53 bits per heavy atom. The smallest absolute Gasteiger partial charge is 0.196 e. The van der Waals surface area contributed by atoms with Crippen LogP contribution in [0.25, 0.3) is 0 Å². The highest BCUT2D eigenvalue weighted by Crippen LogP contribution is 2.29. The van der Waals surface area contributed by atoms with E-state index in [2.05, 4.69) is 0 Å². The Balaban J connectivity index is 0.00000144. The summed E-state index contributed by atoms with van der Waals surface area (Å²) >= 11 is 0. The standard InChI is InChI=1S/C13H10O3.H2O/c14-11-8-4-7-10(13(11)16)12(15)9-5-2-1-3-6-9;/h1-8,14,16H;1H2. The first-order valence-electron chi connectivity index (χ1n) is 4.81. The lowest BCUT2D eigenvalue weighted by Crippen LogP contribution is -2.01. The van der Waals surface area contributed by atoms with E-state index in [1.54, 1.807) is 30.3 Å². The lowest BCUT2D eigenvalue weighted by atomic mass is 10.0. The van der Waals surface area contributed by atoms with E-state index >= 15 is 0 Å². The summed E-state index contributed by atoms with van der Waals surface area (Å²) in [5.41, 5.74) is 0.578. The van der Waals surface area contributed by atoms with Gasteiger partial charge in [0.25, 0.3) is 0 Å². The molecule has 0 spiro atoms. The maximum Gasteiger partial charge on any atom is 0.196 e. The number of hydrogen-bond acceptors (Lipinski definition) is 3. The first-order valence-corrected chi connectivity index (χ1v) is 4.81. The third-order valence-electron chi connectivity index (χ3n) is 2.30. The second-order valence-electron chi connectivity index (χ2n) is 3.37. The zero-order chi connectivity index (χ0) is 11.5. The fraction of sp³-hybridized carbons (Fsp3) is 0. The van der Waals surface area contributed by atoms with Gasteiger partial charge in [-0.15, -0.1) is 0 Å². The van der Waals surface area contributed by atoms with Crippen LogP contribution in [0.1, 0.15) is 15.9 Å². The van der Waals surface area contributed by atoms with Crippen LogP contribution in [0.15, 0.2) is 48.5 Å². The average Bonchev–Trinajstić information content (AvgIpc) is 2.33. The summed E-state index contributed by atoms with van der Waals surface area (Å²) in [6.07, 6.45) is 0. The predicted octanol–water partition coefficient (Wildman–Crippen LogP) is 1.50. The van der Waals surface area contributed by atoms with E-state index in [0.717, 1.165) is 0 Å². The van der Waals surface area contributed by atoms with Crippen LogP contribution >= 0.6 is 0 Å². The van der Waals surface area contributed by atoms with E-state index in [-0.39, 0.29) is 28.3 Å². The van der Waals surface area contributed by atoms with Crippen molar-refractivity contribution in [3.05, 3.63) is 59.7 Å². The summed E-state index contributed by atoms with van der Waals surface area (Å²) in [6, 6.07) is 12.9. The van der Waals surface area contributed by atoms with Gasteiger partial charge in [-0.3, -0.25) is 4.79 Å². The number of carbonyl (C=O) groups is 1. The monoisotopic (exact) mass is 232 g/mol. The van der Waals surface area contributed by atoms with E-state index in [0.29, 0.717) is 5.56 Å². The van der Waals surface area contributed by atoms with Gasteiger partial charge in [0.2, 0.25) is 0 Å². The van der Waals surface area contributed by atoms with Crippen molar-refractivity contribution in [2.24, 2.45) is 0 Å². The summed E-state index contributed by atoms with van der Waals surface area (Å²) < 4.78 is 0. The Bertz CT molecular complexity index is 520. The molecule has 0 atom stereocenters. The maximum absolute atomic E-state index is 11.9. The molecule has 0 unspecified atom stereocenters. The topological polar surface area (TPSA) is 89.0 Å². The Morgan fingerprint density at radius 3 is 2.18 bits per heavy atom. The highest BCUT2D eigenvalue weighted by molar-refractivity contribution is 6.11. The van der Waals surface area contributed by atoms with Crippen molar-refractivity contribution in [1.82, 2.24) is 0 Å². The Labute approximate surface area is 98.1 Å². The van der Waals surface area contributed by atoms with Crippen LogP contribution in [-0.4, -0.2) is 21.5 Å². The maximum atomic E-state index is 11.9. The lowest BCUT2D eigenvalue weighted by molar-refractivity contribution is 0.103. The van der Waals surface area contributed by atoms with Gasteiger partial charge in [-0.25, -0.2) is 0 Å². The number of carbonyl (C=O) groups excluding carboxylic acids is 1. The largest absolute Gasteiger partial charge is 0.504 e. The summed E-state index contributed by atoms with van der Waals surface area (Å²) in [6.45, 7) is 0. The van der Waals surface area contributed by atoms with Gasteiger partial charge >= 0.3 is 0 Å². The number of para-hydroxylation sites is 1. The van der Waals surface area contributed by atoms with Crippen LogP contribution in [0.4, 0.5) is 0 Å². The van der Waals surface area contributed by atoms with Gasteiger partial charge in [-0.1, -0.05) is 36.4 Å². The Kier molecular flexibility index (Phi) is 3.85. The fourth-order valence-corrected chi connectivity index (χ4v) is 1.46. The molecule has 4 N–H and O–H groups in total. The molecule has 0 fully saturated rings. The predicted molar refractivity (Wildman–Crippen MR) is 63.3 cm³/mol. The molecular weight excluding hydrogens is 220 g/mol. The molecule has 0 saturated heterocycles. The minimum Gasteiger partial charge on any atom is -0.504 e. The van der Waals surface area contributed by atoms with Crippen molar-refractivity contribution in [2.45, 2.75) is 0 Å². The Morgan fingerprint density at radius 1 is 0.882 bits per heavy atom. The summed E-state index contributed by atoms with van der Waals surface area (Å²) in [5.74, 6) is -0.980.